The van der Waals surface area contributed by atoms with E-state index in [1.54, 1.807) is 29.8 Å². The summed E-state index contributed by atoms with van der Waals surface area (Å²) in [6.45, 7) is 4.28. The molecule has 0 saturated heterocycles. The van der Waals surface area contributed by atoms with Crippen LogP contribution in [0.5, 0.6) is 0 Å². The van der Waals surface area contributed by atoms with E-state index >= 15 is 0 Å². The van der Waals surface area contributed by atoms with Crippen molar-refractivity contribution in [3.63, 3.8) is 0 Å². The highest BCUT2D eigenvalue weighted by molar-refractivity contribution is 7.07. The van der Waals surface area contributed by atoms with Crippen molar-refractivity contribution in [3.05, 3.63) is 83.3 Å². The summed E-state index contributed by atoms with van der Waals surface area (Å²) in [5.74, 6) is 0. The van der Waals surface area contributed by atoms with Crippen molar-refractivity contribution in [3.8, 4) is 11.3 Å². The first kappa shape index (κ1) is 15.1. The molecule has 2 heterocycles. The fourth-order valence-electron chi connectivity index (χ4n) is 2.04. The first-order valence-electron chi connectivity index (χ1n) is 7.21. The fraction of sp³-hybridized carbons (Fsp3) is 0.0556. The third-order valence-corrected chi connectivity index (χ3v) is 3.96. The molecule has 0 radical (unpaired) electrons. The Hall–Kier alpha value is -2.79. The summed E-state index contributed by atoms with van der Waals surface area (Å²) in [5.41, 5.74) is 2.91. The van der Waals surface area contributed by atoms with E-state index in [0.717, 1.165) is 21.8 Å². The van der Waals surface area contributed by atoms with Gasteiger partial charge in [0.25, 0.3) is 0 Å². The van der Waals surface area contributed by atoms with Gasteiger partial charge >= 0.3 is 0 Å². The summed E-state index contributed by atoms with van der Waals surface area (Å²) >= 11 is 1.56. The van der Waals surface area contributed by atoms with E-state index in [1.165, 1.54) is 0 Å². The smallest absolute Gasteiger partial charge is 0.206 e. The number of benzene rings is 1. The Morgan fingerprint density at radius 2 is 1.96 bits per heavy atom. The van der Waals surface area contributed by atoms with Gasteiger partial charge in [-0.25, -0.2) is 4.68 Å². The molecule has 0 spiro atoms. The number of aromatic nitrogens is 2. The van der Waals surface area contributed by atoms with Crippen LogP contribution in [-0.4, -0.2) is 22.4 Å². The van der Waals surface area contributed by atoms with Gasteiger partial charge in [0.2, 0.25) is 4.80 Å². The second kappa shape index (κ2) is 7.47. The van der Waals surface area contributed by atoms with E-state index in [9.17, 15) is 0 Å². The van der Waals surface area contributed by atoms with Crippen molar-refractivity contribution >= 4 is 17.6 Å². The predicted molar refractivity (Wildman–Crippen MR) is 95.6 cm³/mol. The number of rotatable bonds is 5. The van der Waals surface area contributed by atoms with Crippen molar-refractivity contribution in [1.82, 2.24) is 9.66 Å². The topological polar surface area (TPSA) is 42.5 Å². The Balaban J connectivity index is 2.06. The second-order valence-corrected chi connectivity index (χ2v) is 5.55. The summed E-state index contributed by atoms with van der Waals surface area (Å²) in [4.78, 5) is 9.61. The first-order valence-corrected chi connectivity index (χ1v) is 8.09. The van der Waals surface area contributed by atoms with Crippen molar-refractivity contribution in [2.75, 3.05) is 6.54 Å². The summed E-state index contributed by atoms with van der Waals surface area (Å²) < 4.78 is 1.85. The van der Waals surface area contributed by atoms with Crippen LogP contribution in [0.25, 0.3) is 11.3 Å². The third kappa shape index (κ3) is 3.70. The maximum atomic E-state index is 4.58. The molecule has 0 aliphatic rings. The quantitative estimate of drug-likeness (QED) is 0.523. The molecule has 0 bridgehead atoms. The van der Waals surface area contributed by atoms with Crippen molar-refractivity contribution in [1.29, 1.82) is 0 Å². The van der Waals surface area contributed by atoms with Gasteiger partial charge in [-0.15, -0.1) is 17.9 Å². The van der Waals surface area contributed by atoms with Gasteiger partial charge in [-0.2, -0.15) is 5.10 Å². The highest BCUT2D eigenvalue weighted by atomic mass is 32.1. The summed E-state index contributed by atoms with van der Waals surface area (Å²) in [7, 11) is 0. The molecule has 0 N–H and O–H groups in total. The molecular formula is C18H16N4S. The van der Waals surface area contributed by atoms with Crippen LogP contribution in [0.15, 0.2) is 82.9 Å². The SMILES string of the molecule is C=CCN=c1scc(-c2ccccc2)n1/N=C\c1ccccn1. The Bertz CT molecular complexity index is 861. The van der Waals surface area contributed by atoms with E-state index in [-0.39, 0.29) is 0 Å². The van der Waals surface area contributed by atoms with Crippen molar-refractivity contribution in [2.24, 2.45) is 10.1 Å². The van der Waals surface area contributed by atoms with Crippen LogP contribution < -0.4 is 4.80 Å². The Kier molecular flexibility index (Phi) is 4.91. The minimum atomic E-state index is 0.563. The molecule has 114 valence electrons. The molecule has 0 atom stereocenters. The number of hydrogen-bond donors (Lipinski definition) is 0. The molecule has 1 aromatic carbocycles. The highest BCUT2D eigenvalue weighted by Crippen LogP contribution is 2.19. The minimum absolute atomic E-state index is 0.563. The van der Waals surface area contributed by atoms with Gasteiger partial charge in [0, 0.05) is 17.1 Å². The Labute approximate surface area is 138 Å². The molecule has 4 nitrogen and oxygen atoms in total. The van der Waals surface area contributed by atoms with Crippen molar-refractivity contribution < 1.29 is 0 Å². The van der Waals surface area contributed by atoms with Crippen LogP contribution in [-0.2, 0) is 0 Å². The molecule has 0 unspecified atom stereocenters. The van der Waals surface area contributed by atoms with E-state index < -0.39 is 0 Å². The second-order valence-electron chi connectivity index (χ2n) is 4.71. The van der Waals surface area contributed by atoms with Gasteiger partial charge in [-0.3, -0.25) is 9.98 Å². The third-order valence-electron chi connectivity index (χ3n) is 3.10. The monoisotopic (exact) mass is 320 g/mol. The van der Waals surface area contributed by atoms with Gasteiger partial charge in [-0.05, 0) is 12.1 Å². The lowest BCUT2D eigenvalue weighted by Gasteiger charge is -2.03. The minimum Gasteiger partial charge on any atom is -0.255 e. The molecule has 2 aromatic heterocycles. The Morgan fingerprint density at radius 3 is 2.70 bits per heavy atom. The van der Waals surface area contributed by atoms with Crippen molar-refractivity contribution in [2.45, 2.75) is 0 Å². The largest absolute Gasteiger partial charge is 0.255 e. The number of hydrogen-bond acceptors (Lipinski definition) is 4. The number of nitrogens with zero attached hydrogens (tertiary/aromatic N) is 4. The van der Waals surface area contributed by atoms with Gasteiger partial charge in [-0.1, -0.05) is 42.5 Å². The van der Waals surface area contributed by atoms with Crippen LogP contribution in [0.2, 0.25) is 0 Å². The van der Waals surface area contributed by atoms with Crippen LogP contribution in [0, 0.1) is 0 Å². The van der Waals surface area contributed by atoms with Crippen LogP contribution in [0.4, 0.5) is 0 Å². The lowest BCUT2D eigenvalue weighted by molar-refractivity contribution is 0.839. The molecule has 0 fully saturated rings. The maximum absolute atomic E-state index is 4.58. The zero-order valence-electron chi connectivity index (χ0n) is 12.5. The van der Waals surface area contributed by atoms with Crippen LogP contribution in [0.1, 0.15) is 5.69 Å². The first-order chi connectivity index (χ1) is 11.4. The zero-order chi connectivity index (χ0) is 15.9. The molecular weight excluding hydrogens is 304 g/mol. The lowest BCUT2D eigenvalue weighted by atomic mass is 10.2. The number of thiazole rings is 1. The van der Waals surface area contributed by atoms with E-state index in [4.69, 9.17) is 0 Å². The molecule has 5 heteroatoms. The van der Waals surface area contributed by atoms with Gasteiger partial charge in [0.1, 0.15) is 0 Å². The zero-order valence-corrected chi connectivity index (χ0v) is 13.4. The van der Waals surface area contributed by atoms with E-state index in [2.05, 4.69) is 39.2 Å². The normalized spacial score (nSPS) is 11.9. The van der Waals surface area contributed by atoms with E-state index in [0.29, 0.717) is 6.54 Å². The maximum Gasteiger partial charge on any atom is 0.206 e. The molecule has 0 aliphatic heterocycles. The standard InChI is InChI=1S/C18H16N4S/c1-2-11-20-18-22(21-13-16-10-6-7-12-19-16)17(14-23-18)15-8-4-3-5-9-15/h2-10,12-14H,1,11H2/b20-18?,21-13-. The van der Waals surface area contributed by atoms with Crippen LogP contribution in [0.3, 0.4) is 0 Å². The molecule has 3 rings (SSSR count). The Morgan fingerprint density at radius 1 is 1.13 bits per heavy atom. The van der Waals surface area contributed by atoms with Crippen LogP contribution >= 0.6 is 11.3 Å². The average Bonchev–Trinajstić information content (AvgIpc) is 3.02. The molecule has 0 aliphatic carbocycles. The number of pyridine rings is 1. The molecule has 0 amide bonds. The van der Waals surface area contributed by atoms with Gasteiger partial charge < -0.3 is 0 Å². The molecule has 23 heavy (non-hydrogen) atoms. The highest BCUT2D eigenvalue weighted by Gasteiger charge is 2.06. The summed E-state index contributed by atoms with van der Waals surface area (Å²) in [6, 6.07) is 15.9. The van der Waals surface area contributed by atoms with Gasteiger partial charge in [0.05, 0.1) is 24.1 Å². The molecule has 0 saturated carbocycles. The average molecular weight is 320 g/mol. The van der Waals surface area contributed by atoms with E-state index in [1.807, 2.05) is 41.1 Å². The molecule has 3 aromatic rings. The predicted octanol–water partition coefficient (Wildman–Crippen LogP) is 3.58. The van der Waals surface area contributed by atoms with Gasteiger partial charge in [0.15, 0.2) is 0 Å². The summed E-state index contributed by atoms with van der Waals surface area (Å²) in [6.07, 6.45) is 5.27. The summed E-state index contributed by atoms with van der Waals surface area (Å²) in [5, 5.41) is 6.64. The fourth-order valence-corrected chi connectivity index (χ4v) is 2.89. The lowest BCUT2D eigenvalue weighted by Crippen LogP contribution is -2.12.